The van der Waals surface area contributed by atoms with Crippen molar-refractivity contribution in [3.05, 3.63) is 12.4 Å². The third-order valence-electron chi connectivity index (χ3n) is 2.30. The van der Waals surface area contributed by atoms with Gasteiger partial charge in [0.25, 0.3) is 0 Å². The highest BCUT2D eigenvalue weighted by Crippen LogP contribution is 2.11. The molecule has 2 amide bonds. The Morgan fingerprint density at radius 3 is 3.15 bits per heavy atom. The lowest BCUT2D eigenvalue weighted by Gasteiger charge is -2.38. The lowest BCUT2D eigenvalue weighted by atomic mass is 10.2. The number of nitrogens with zero attached hydrogens (tertiary/aromatic N) is 3. The van der Waals surface area contributed by atoms with E-state index < -0.39 is 0 Å². The number of amidine groups is 1. The van der Waals surface area contributed by atoms with Gasteiger partial charge in [0.1, 0.15) is 11.9 Å². The number of carbonyl (C=O) groups is 1. The fourth-order valence-electron chi connectivity index (χ4n) is 1.60. The summed E-state index contributed by atoms with van der Waals surface area (Å²) in [7, 11) is 3.53. The van der Waals surface area contributed by atoms with Crippen LogP contribution in [-0.4, -0.2) is 48.3 Å². The molecule has 5 heteroatoms. The second kappa shape index (κ2) is 2.76. The molecule has 2 rings (SSSR count). The van der Waals surface area contributed by atoms with Crippen molar-refractivity contribution < 1.29 is 4.79 Å². The smallest absolute Gasteiger partial charge is 0.325 e. The Kier molecular flexibility index (Phi) is 1.72. The Labute approximate surface area is 76.7 Å². The molecule has 0 saturated carbocycles. The van der Waals surface area contributed by atoms with Crippen LogP contribution in [0.4, 0.5) is 4.79 Å². The number of carbonyl (C=O) groups excluding carboxylic acids is 1. The van der Waals surface area contributed by atoms with E-state index in [1.54, 1.807) is 36.3 Å². The Bertz CT molecular complexity index is 297. The molecular formula is C8H12N4O. The van der Waals surface area contributed by atoms with Crippen LogP contribution in [-0.2, 0) is 0 Å². The van der Waals surface area contributed by atoms with Gasteiger partial charge in [0.05, 0.1) is 0 Å². The van der Waals surface area contributed by atoms with Crippen molar-refractivity contribution in [3.63, 3.8) is 0 Å². The molecule has 0 aromatic heterocycles. The monoisotopic (exact) mass is 180 g/mol. The average Bonchev–Trinajstić information content (AvgIpc) is 2.15. The van der Waals surface area contributed by atoms with E-state index in [2.05, 4.69) is 10.3 Å². The van der Waals surface area contributed by atoms with Gasteiger partial charge in [-0.3, -0.25) is 4.90 Å². The van der Waals surface area contributed by atoms with Gasteiger partial charge in [-0.25, -0.2) is 9.79 Å². The van der Waals surface area contributed by atoms with E-state index in [1.165, 1.54) is 0 Å². The number of likely N-dealkylation sites (N-methyl/N-ethyl adjacent to an activating group) is 2. The number of amides is 2. The van der Waals surface area contributed by atoms with Crippen LogP contribution in [0.15, 0.2) is 17.4 Å². The second-order valence-corrected chi connectivity index (χ2v) is 3.24. The summed E-state index contributed by atoms with van der Waals surface area (Å²) in [4.78, 5) is 18.9. The average molecular weight is 180 g/mol. The summed E-state index contributed by atoms with van der Waals surface area (Å²) in [5, 5.41) is 3.16. The van der Waals surface area contributed by atoms with Crippen molar-refractivity contribution >= 4 is 11.9 Å². The molecule has 1 saturated heterocycles. The number of hydrogen-bond acceptors (Lipinski definition) is 3. The quantitative estimate of drug-likeness (QED) is 0.562. The van der Waals surface area contributed by atoms with Crippen LogP contribution in [0.25, 0.3) is 0 Å². The van der Waals surface area contributed by atoms with Crippen LogP contribution in [0, 0.1) is 0 Å². The molecule has 70 valence electrons. The lowest BCUT2D eigenvalue weighted by Crippen LogP contribution is -2.60. The summed E-state index contributed by atoms with van der Waals surface area (Å²) < 4.78 is 0. The largest absolute Gasteiger partial charge is 0.378 e. The molecule has 1 unspecified atom stereocenters. The minimum atomic E-state index is -0.00731. The zero-order valence-corrected chi connectivity index (χ0v) is 7.69. The highest BCUT2D eigenvalue weighted by Gasteiger charge is 2.33. The van der Waals surface area contributed by atoms with E-state index in [1.807, 2.05) is 0 Å². The fraction of sp³-hybridized carbons (Fsp3) is 0.500. The molecule has 1 fully saturated rings. The van der Waals surface area contributed by atoms with Crippen LogP contribution in [0.3, 0.4) is 0 Å². The molecule has 2 aliphatic heterocycles. The number of hydrogen-bond donors (Lipinski definition) is 1. The minimum Gasteiger partial charge on any atom is -0.378 e. The summed E-state index contributed by atoms with van der Waals surface area (Å²) in [6.45, 7) is 0.673. The third-order valence-corrected chi connectivity index (χ3v) is 2.30. The van der Waals surface area contributed by atoms with E-state index in [9.17, 15) is 4.79 Å². The van der Waals surface area contributed by atoms with Crippen LogP contribution < -0.4 is 5.32 Å². The predicted molar refractivity (Wildman–Crippen MR) is 49.3 cm³/mol. The molecular weight excluding hydrogens is 168 g/mol. The van der Waals surface area contributed by atoms with Crippen molar-refractivity contribution in [1.29, 1.82) is 0 Å². The van der Waals surface area contributed by atoms with Crippen LogP contribution in [0.1, 0.15) is 0 Å². The van der Waals surface area contributed by atoms with E-state index in [-0.39, 0.29) is 12.1 Å². The highest BCUT2D eigenvalue weighted by molar-refractivity contribution is 6.03. The Morgan fingerprint density at radius 2 is 2.38 bits per heavy atom. The molecule has 0 bridgehead atoms. The third kappa shape index (κ3) is 1.16. The zero-order chi connectivity index (χ0) is 9.42. The van der Waals surface area contributed by atoms with E-state index in [4.69, 9.17) is 0 Å². The molecule has 1 atom stereocenters. The van der Waals surface area contributed by atoms with E-state index in [0.717, 1.165) is 5.84 Å². The molecule has 0 spiro atoms. The molecule has 0 aliphatic carbocycles. The molecule has 1 N–H and O–H groups in total. The molecule has 2 aliphatic rings. The summed E-state index contributed by atoms with van der Waals surface area (Å²) in [6.07, 6.45) is 3.46. The maximum absolute atomic E-state index is 11.5. The van der Waals surface area contributed by atoms with Gasteiger partial charge in [-0.05, 0) is 0 Å². The summed E-state index contributed by atoms with van der Waals surface area (Å²) in [6, 6.07) is 0.129. The summed E-state index contributed by atoms with van der Waals surface area (Å²) in [5.41, 5.74) is 0. The molecule has 0 aromatic rings. The first kappa shape index (κ1) is 8.10. The Balaban J connectivity index is 2.29. The zero-order valence-electron chi connectivity index (χ0n) is 7.69. The first-order valence-corrected chi connectivity index (χ1v) is 4.18. The van der Waals surface area contributed by atoms with Crippen LogP contribution in [0.5, 0.6) is 0 Å². The van der Waals surface area contributed by atoms with Gasteiger partial charge in [0.15, 0.2) is 0 Å². The van der Waals surface area contributed by atoms with E-state index in [0.29, 0.717) is 6.54 Å². The second-order valence-electron chi connectivity index (χ2n) is 3.24. The standard InChI is InChI=1S/C8H12N4O/c1-11-5-6-7(10-4-3-9-6)12(2)8(11)13/h3-4,6,9H,5H2,1-2H3. The first-order chi connectivity index (χ1) is 6.20. The normalized spacial score (nSPS) is 26.8. The molecule has 0 aromatic carbocycles. The number of aliphatic imine (C=N–C) groups is 1. The maximum Gasteiger partial charge on any atom is 0.325 e. The molecule has 2 heterocycles. The van der Waals surface area contributed by atoms with Crippen molar-refractivity contribution in [2.45, 2.75) is 6.04 Å². The van der Waals surface area contributed by atoms with Gasteiger partial charge in [-0.15, -0.1) is 0 Å². The fourth-order valence-corrected chi connectivity index (χ4v) is 1.60. The first-order valence-electron chi connectivity index (χ1n) is 4.18. The molecule has 13 heavy (non-hydrogen) atoms. The van der Waals surface area contributed by atoms with Gasteiger partial charge >= 0.3 is 6.03 Å². The van der Waals surface area contributed by atoms with Gasteiger partial charge in [-0.2, -0.15) is 0 Å². The Hall–Kier alpha value is -1.52. The predicted octanol–water partition coefficient (Wildman–Crippen LogP) is -0.175. The van der Waals surface area contributed by atoms with Crippen LogP contribution >= 0.6 is 0 Å². The summed E-state index contributed by atoms with van der Waals surface area (Å²) in [5.74, 6) is 0.797. The number of nitrogens with one attached hydrogen (secondary N) is 1. The number of rotatable bonds is 0. The lowest BCUT2D eigenvalue weighted by molar-refractivity contribution is 0.179. The van der Waals surface area contributed by atoms with Crippen molar-refractivity contribution in [1.82, 2.24) is 15.1 Å². The van der Waals surface area contributed by atoms with Gasteiger partial charge < -0.3 is 10.2 Å². The van der Waals surface area contributed by atoms with Gasteiger partial charge in [0, 0.05) is 33.0 Å². The van der Waals surface area contributed by atoms with Crippen molar-refractivity contribution in [2.75, 3.05) is 20.6 Å². The Morgan fingerprint density at radius 1 is 1.62 bits per heavy atom. The molecule has 0 radical (unpaired) electrons. The highest BCUT2D eigenvalue weighted by atomic mass is 16.2. The minimum absolute atomic E-state index is 0.00731. The van der Waals surface area contributed by atoms with Crippen molar-refractivity contribution in [2.24, 2.45) is 4.99 Å². The maximum atomic E-state index is 11.5. The number of fused-ring (bicyclic) bond motifs is 1. The van der Waals surface area contributed by atoms with Crippen molar-refractivity contribution in [3.8, 4) is 0 Å². The van der Waals surface area contributed by atoms with Gasteiger partial charge in [0.2, 0.25) is 0 Å². The number of urea groups is 1. The van der Waals surface area contributed by atoms with Crippen LogP contribution in [0.2, 0.25) is 0 Å². The SMILES string of the molecule is CN1CC2NC=CN=C2N(C)C1=O. The van der Waals surface area contributed by atoms with Gasteiger partial charge in [-0.1, -0.05) is 0 Å². The van der Waals surface area contributed by atoms with E-state index >= 15 is 0 Å². The topological polar surface area (TPSA) is 47.9 Å². The molecule has 5 nitrogen and oxygen atoms in total. The summed E-state index contributed by atoms with van der Waals surface area (Å²) >= 11 is 0.